The number of anilines is 1. The summed E-state index contributed by atoms with van der Waals surface area (Å²) in [6.45, 7) is 0. The van der Waals surface area contributed by atoms with Crippen LogP contribution in [-0.2, 0) is 0 Å². The van der Waals surface area contributed by atoms with Crippen LogP contribution in [0.4, 0.5) is 11.4 Å². The number of nitro benzene ring substituents is 1. The lowest BCUT2D eigenvalue weighted by Gasteiger charge is -2.26. The second-order valence-corrected chi connectivity index (χ2v) is 8.43. The van der Waals surface area contributed by atoms with Crippen molar-refractivity contribution in [1.82, 2.24) is 10.3 Å². The molecule has 0 saturated carbocycles. The largest absolute Gasteiger partial charge is 0.506 e. The highest BCUT2D eigenvalue weighted by Gasteiger charge is 2.43. The Labute approximate surface area is 204 Å². The number of aromatic nitrogens is 1. The average Bonchev–Trinajstić information content (AvgIpc) is 3.46. The van der Waals surface area contributed by atoms with Gasteiger partial charge in [0.1, 0.15) is 23.3 Å². The minimum atomic E-state index is -0.553. The van der Waals surface area contributed by atoms with Gasteiger partial charge in [-0.15, -0.1) is 0 Å². The maximum absolute atomic E-state index is 11.5. The number of hydrogen-bond acceptors (Lipinski definition) is 6. The number of para-hydroxylation sites is 1. The normalized spacial score (nSPS) is 17.6. The van der Waals surface area contributed by atoms with Gasteiger partial charge in [-0.2, -0.15) is 0 Å². The fourth-order valence-electron chi connectivity index (χ4n) is 4.09. The molecule has 4 aromatic rings. The molecular formula is C24H17ClN4O4S. The summed E-state index contributed by atoms with van der Waals surface area (Å²) in [6.07, 6.45) is 1.68. The van der Waals surface area contributed by atoms with Crippen molar-refractivity contribution in [1.29, 1.82) is 0 Å². The van der Waals surface area contributed by atoms with E-state index in [1.807, 2.05) is 18.2 Å². The molecule has 10 heteroatoms. The zero-order chi connectivity index (χ0) is 23.8. The summed E-state index contributed by atoms with van der Waals surface area (Å²) in [5, 5.41) is 26.2. The number of phenolic OH excluding ortho intramolecular Hbond substituents is 1. The van der Waals surface area contributed by atoms with Gasteiger partial charge in [0.05, 0.1) is 27.9 Å². The van der Waals surface area contributed by atoms with E-state index in [2.05, 4.69) is 10.3 Å². The highest BCUT2D eigenvalue weighted by Crippen LogP contribution is 2.46. The van der Waals surface area contributed by atoms with Crippen LogP contribution in [0.15, 0.2) is 83.4 Å². The van der Waals surface area contributed by atoms with E-state index in [4.69, 9.17) is 28.2 Å². The van der Waals surface area contributed by atoms with Gasteiger partial charge in [0.2, 0.25) is 0 Å². The van der Waals surface area contributed by atoms with Crippen molar-refractivity contribution in [3.05, 3.63) is 106 Å². The zero-order valence-corrected chi connectivity index (χ0v) is 19.0. The van der Waals surface area contributed by atoms with Crippen molar-refractivity contribution in [2.24, 2.45) is 0 Å². The summed E-state index contributed by atoms with van der Waals surface area (Å²) in [7, 11) is 0. The Morgan fingerprint density at radius 2 is 1.91 bits per heavy atom. The molecule has 0 bridgehead atoms. The fourth-order valence-corrected chi connectivity index (χ4v) is 4.60. The fraction of sp³-hybridized carbons (Fsp3) is 0.0833. The Morgan fingerprint density at radius 3 is 2.68 bits per heavy atom. The van der Waals surface area contributed by atoms with Crippen LogP contribution < -0.4 is 10.2 Å². The molecule has 2 atom stereocenters. The standard InChI is InChI=1S/C24H17ClN4O4S/c25-14-8-9-19(30)18(13-14)28-23(22(27-24(28)34)16-6-3-4-12-26-16)21-11-10-20(33-21)15-5-1-2-7-17(15)29(31)32/h1-13,22-23,30H,(H,27,34)/t22-,23+/m0/s1. The third kappa shape index (κ3) is 3.85. The number of nitro groups is 1. The summed E-state index contributed by atoms with van der Waals surface area (Å²) < 4.78 is 6.18. The van der Waals surface area contributed by atoms with Crippen LogP contribution in [0.1, 0.15) is 23.5 Å². The molecule has 0 aliphatic carbocycles. The van der Waals surface area contributed by atoms with E-state index in [1.54, 1.807) is 53.6 Å². The molecule has 2 aromatic carbocycles. The maximum atomic E-state index is 11.5. The molecule has 0 spiro atoms. The number of furan rings is 1. The van der Waals surface area contributed by atoms with E-state index in [1.165, 1.54) is 12.1 Å². The maximum Gasteiger partial charge on any atom is 0.280 e. The second-order valence-electron chi connectivity index (χ2n) is 7.61. The Kier molecular flexibility index (Phi) is 5.64. The van der Waals surface area contributed by atoms with E-state index in [9.17, 15) is 15.2 Å². The first-order valence-corrected chi connectivity index (χ1v) is 11.1. The van der Waals surface area contributed by atoms with Crippen LogP contribution >= 0.6 is 23.8 Å². The van der Waals surface area contributed by atoms with Crippen LogP contribution in [0.5, 0.6) is 5.75 Å². The van der Waals surface area contributed by atoms with Gasteiger partial charge in [-0.3, -0.25) is 15.1 Å². The molecule has 3 heterocycles. The van der Waals surface area contributed by atoms with E-state index < -0.39 is 17.0 Å². The minimum Gasteiger partial charge on any atom is -0.506 e. The topological polar surface area (TPSA) is 105 Å². The molecule has 2 aromatic heterocycles. The first kappa shape index (κ1) is 21.9. The van der Waals surface area contributed by atoms with Gasteiger partial charge in [-0.05, 0) is 60.7 Å². The molecular weight excluding hydrogens is 476 g/mol. The monoisotopic (exact) mass is 492 g/mol. The van der Waals surface area contributed by atoms with Gasteiger partial charge >= 0.3 is 0 Å². The van der Waals surface area contributed by atoms with Crippen molar-refractivity contribution < 1.29 is 14.4 Å². The van der Waals surface area contributed by atoms with Crippen molar-refractivity contribution in [2.75, 3.05) is 4.90 Å². The van der Waals surface area contributed by atoms with Crippen LogP contribution in [0.2, 0.25) is 5.02 Å². The second kappa shape index (κ2) is 8.77. The number of pyridine rings is 1. The first-order chi connectivity index (χ1) is 16.4. The predicted molar refractivity (Wildman–Crippen MR) is 132 cm³/mol. The van der Waals surface area contributed by atoms with Crippen molar-refractivity contribution >= 4 is 40.3 Å². The van der Waals surface area contributed by atoms with E-state index >= 15 is 0 Å². The van der Waals surface area contributed by atoms with Gasteiger partial charge in [0.15, 0.2) is 5.11 Å². The number of nitrogens with zero attached hydrogens (tertiary/aromatic N) is 3. The number of thiocarbonyl (C=S) groups is 1. The number of aromatic hydroxyl groups is 1. The Morgan fingerprint density at radius 1 is 1.12 bits per heavy atom. The molecule has 0 unspecified atom stereocenters. The lowest BCUT2D eigenvalue weighted by Crippen LogP contribution is -2.29. The third-order valence-corrected chi connectivity index (χ3v) is 6.13. The number of nitrogens with one attached hydrogen (secondary N) is 1. The van der Waals surface area contributed by atoms with Gasteiger partial charge in [-0.25, -0.2) is 0 Å². The average molecular weight is 493 g/mol. The third-order valence-electron chi connectivity index (χ3n) is 5.58. The number of rotatable bonds is 5. The SMILES string of the molecule is O=[N+]([O-])c1ccccc1-c1ccc([C@@H]2[C@H](c3ccccn3)NC(=S)N2c2cc(Cl)ccc2O)o1. The molecule has 8 nitrogen and oxygen atoms in total. The smallest absolute Gasteiger partial charge is 0.280 e. The molecule has 34 heavy (non-hydrogen) atoms. The van der Waals surface area contributed by atoms with Crippen LogP contribution in [0.25, 0.3) is 11.3 Å². The van der Waals surface area contributed by atoms with Crippen molar-refractivity contribution in [3.8, 4) is 17.1 Å². The molecule has 0 radical (unpaired) electrons. The van der Waals surface area contributed by atoms with Crippen molar-refractivity contribution in [2.45, 2.75) is 12.1 Å². The lowest BCUT2D eigenvalue weighted by atomic mass is 10.0. The zero-order valence-electron chi connectivity index (χ0n) is 17.5. The summed E-state index contributed by atoms with van der Waals surface area (Å²) in [6, 6.07) is 19.1. The molecule has 2 N–H and O–H groups in total. The van der Waals surface area contributed by atoms with Crippen LogP contribution in [0, 0.1) is 10.1 Å². The Hall–Kier alpha value is -3.95. The summed E-state index contributed by atoms with van der Waals surface area (Å²) >= 11 is 11.9. The van der Waals surface area contributed by atoms with E-state index in [0.29, 0.717) is 38.6 Å². The number of phenols is 1. The number of benzene rings is 2. The molecule has 5 rings (SSSR count). The van der Waals surface area contributed by atoms with Gasteiger partial charge in [0.25, 0.3) is 5.69 Å². The Bertz CT molecular complexity index is 1390. The highest BCUT2D eigenvalue weighted by molar-refractivity contribution is 7.80. The van der Waals surface area contributed by atoms with Gasteiger partial charge in [-0.1, -0.05) is 29.8 Å². The van der Waals surface area contributed by atoms with Gasteiger partial charge in [0, 0.05) is 17.3 Å². The predicted octanol–water partition coefficient (Wildman–Crippen LogP) is 5.79. The molecule has 1 aliphatic rings. The molecule has 1 aliphatic heterocycles. The highest BCUT2D eigenvalue weighted by atomic mass is 35.5. The minimum absolute atomic E-state index is 0.00861. The molecule has 170 valence electrons. The van der Waals surface area contributed by atoms with Crippen molar-refractivity contribution in [3.63, 3.8) is 0 Å². The first-order valence-electron chi connectivity index (χ1n) is 10.3. The molecule has 1 fully saturated rings. The summed E-state index contributed by atoms with van der Waals surface area (Å²) in [4.78, 5) is 17.3. The summed E-state index contributed by atoms with van der Waals surface area (Å²) in [5.41, 5.74) is 1.41. The number of halogens is 1. The van der Waals surface area contributed by atoms with Gasteiger partial charge < -0.3 is 19.7 Å². The quantitative estimate of drug-likeness (QED) is 0.205. The van der Waals surface area contributed by atoms with E-state index in [-0.39, 0.29) is 11.4 Å². The molecule has 1 saturated heterocycles. The van der Waals surface area contributed by atoms with Crippen LogP contribution in [-0.4, -0.2) is 20.1 Å². The Balaban J connectivity index is 1.65. The molecule has 0 amide bonds. The lowest BCUT2D eigenvalue weighted by molar-refractivity contribution is -0.384. The van der Waals surface area contributed by atoms with E-state index in [0.717, 1.165) is 0 Å². The number of hydrogen-bond donors (Lipinski definition) is 2. The summed E-state index contributed by atoms with van der Waals surface area (Å²) in [5.74, 6) is 0.816. The van der Waals surface area contributed by atoms with Crippen LogP contribution in [0.3, 0.4) is 0 Å².